The van der Waals surface area contributed by atoms with Gasteiger partial charge in [-0.1, -0.05) is 13.8 Å². The Kier molecular flexibility index (Phi) is 5.95. The van der Waals surface area contributed by atoms with Crippen molar-refractivity contribution in [2.75, 3.05) is 4.90 Å². The van der Waals surface area contributed by atoms with Gasteiger partial charge in [-0.05, 0) is 0 Å². The summed E-state index contributed by atoms with van der Waals surface area (Å²) in [4.78, 5) is 9.84. The second kappa shape index (κ2) is 7.94. The molecule has 1 aliphatic rings. The van der Waals surface area contributed by atoms with Crippen LogP contribution < -0.4 is 8.48 Å². The molecular weight excluding hydrogens is 445 g/mol. The number of hydrogen-bond donors (Lipinski definition) is 0. The van der Waals surface area contributed by atoms with Crippen LogP contribution in [0.3, 0.4) is 0 Å². The first-order valence-corrected chi connectivity index (χ1v) is 20.4. The molecule has 0 aromatic heterocycles. The molecule has 0 aliphatic carbocycles. The molecule has 2 heteroatoms. The maximum atomic E-state index is 2.47. The molecule has 0 saturated heterocycles. The van der Waals surface area contributed by atoms with E-state index < -0.39 is 18.4 Å². The van der Waals surface area contributed by atoms with Gasteiger partial charge in [0.05, 0.1) is 0 Å². The zero-order chi connectivity index (χ0) is 20.5. The van der Waals surface area contributed by atoms with Crippen LogP contribution in [0.1, 0.15) is 38.8 Å². The summed E-state index contributed by atoms with van der Waals surface area (Å²) in [5.74, 6) is 0. The van der Waals surface area contributed by atoms with E-state index in [0.717, 1.165) is 0 Å². The first-order chi connectivity index (χ1) is 13.3. The summed E-state index contributed by atoms with van der Waals surface area (Å²) in [6.07, 6.45) is 0. The van der Waals surface area contributed by atoms with E-state index in [4.69, 9.17) is 0 Å². The van der Waals surface area contributed by atoms with E-state index in [1.54, 1.807) is 3.58 Å². The van der Waals surface area contributed by atoms with Crippen LogP contribution in [0, 0.1) is 0 Å². The van der Waals surface area contributed by atoms with Crippen LogP contribution in [0.2, 0.25) is 14.8 Å². The second-order valence-corrected chi connectivity index (χ2v) is 23.3. The first kappa shape index (κ1) is 21.0. The van der Waals surface area contributed by atoms with E-state index in [1.807, 2.05) is 13.8 Å². The third-order valence-electron chi connectivity index (χ3n) is 5.63. The van der Waals surface area contributed by atoms with Crippen LogP contribution in [0.25, 0.3) is 0 Å². The van der Waals surface area contributed by atoms with E-state index in [-0.39, 0.29) is 5.41 Å². The van der Waals surface area contributed by atoms with Gasteiger partial charge in [-0.25, -0.2) is 0 Å². The van der Waals surface area contributed by atoms with Crippen LogP contribution >= 0.6 is 0 Å². The number of anilines is 3. The van der Waals surface area contributed by atoms with Gasteiger partial charge < -0.3 is 0 Å². The van der Waals surface area contributed by atoms with Gasteiger partial charge in [0.15, 0.2) is 0 Å². The number of nitrogens with zero attached hydrogens (tertiary/aromatic N) is 1. The van der Waals surface area contributed by atoms with Gasteiger partial charge in [-0.3, -0.25) is 0 Å². The summed E-state index contributed by atoms with van der Waals surface area (Å²) in [5, 5.41) is 0. The molecule has 3 aromatic carbocycles. The second-order valence-electron chi connectivity index (χ2n) is 8.79. The normalized spacial score (nSPS) is 14.5. The van der Waals surface area contributed by atoms with E-state index in [0.29, 0.717) is 0 Å². The van der Waals surface area contributed by atoms with E-state index in [1.165, 1.54) is 28.2 Å². The van der Waals surface area contributed by atoms with E-state index in [2.05, 4.69) is 106 Å². The van der Waals surface area contributed by atoms with Crippen LogP contribution in [-0.2, 0) is 5.41 Å². The predicted molar refractivity (Wildman–Crippen MR) is 128 cm³/mol. The van der Waals surface area contributed by atoms with Gasteiger partial charge in [0, 0.05) is 0 Å². The molecule has 4 rings (SSSR count). The number of benzene rings is 3. The van der Waals surface area contributed by atoms with Crippen LogP contribution in [0.4, 0.5) is 17.1 Å². The van der Waals surface area contributed by atoms with Crippen LogP contribution in [0.5, 0.6) is 0 Å². The Morgan fingerprint density at radius 2 is 1.07 bits per heavy atom. The monoisotopic (exact) mass is 479 g/mol. The SMILES string of the molecule is CC.CC1(C)c2ccccc2N(c2cc[c]([Sn]([CH3])([CH3])[CH3])cc2)c2ccccc21. The Bertz CT molecular complexity index is 899. The average Bonchev–Trinajstić information content (AvgIpc) is 2.70. The van der Waals surface area contributed by atoms with Gasteiger partial charge in [-0.2, -0.15) is 0 Å². The van der Waals surface area contributed by atoms with Crippen molar-refractivity contribution in [1.82, 2.24) is 0 Å². The summed E-state index contributed by atoms with van der Waals surface area (Å²) in [7, 11) is 0. The van der Waals surface area contributed by atoms with Gasteiger partial charge >= 0.3 is 162 Å². The van der Waals surface area contributed by atoms with Gasteiger partial charge in [0.25, 0.3) is 0 Å². The van der Waals surface area contributed by atoms with Gasteiger partial charge in [-0.15, -0.1) is 0 Å². The fourth-order valence-corrected chi connectivity index (χ4v) is 7.39. The fraction of sp³-hybridized carbons (Fsp3) is 0.308. The molecule has 0 unspecified atom stereocenters. The molecule has 0 saturated carbocycles. The van der Waals surface area contributed by atoms with E-state index in [9.17, 15) is 0 Å². The average molecular weight is 478 g/mol. The number of rotatable bonds is 2. The zero-order valence-electron chi connectivity index (χ0n) is 18.4. The summed E-state index contributed by atoms with van der Waals surface area (Å²) in [6, 6.07) is 27.0. The molecule has 0 radical (unpaired) electrons. The summed E-state index contributed by atoms with van der Waals surface area (Å²) in [6.45, 7) is 8.67. The third kappa shape index (κ3) is 3.61. The summed E-state index contributed by atoms with van der Waals surface area (Å²) >= 11 is -2.04. The molecule has 0 fully saturated rings. The molecule has 1 heterocycles. The fourth-order valence-electron chi connectivity index (χ4n) is 4.06. The Hall–Kier alpha value is -1.74. The molecule has 0 bridgehead atoms. The van der Waals surface area contributed by atoms with Gasteiger partial charge in [0.1, 0.15) is 0 Å². The van der Waals surface area contributed by atoms with Crippen molar-refractivity contribution in [2.24, 2.45) is 0 Å². The molecule has 146 valence electrons. The molecule has 3 aromatic rings. The molecule has 0 N–H and O–H groups in total. The molecule has 28 heavy (non-hydrogen) atoms. The molecule has 1 nitrogen and oxygen atoms in total. The number of fused-ring (bicyclic) bond motifs is 2. The maximum absolute atomic E-state index is 2.47. The molecule has 0 amide bonds. The quantitative estimate of drug-likeness (QED) is 0.348. The minimum absolute atomic E-state index is 0.00545. The number of hydrogen-bond acceptors (Lipinski definition) is 1. The van der Waals surface area contributed by atoms with Crippen molar-refractivity contribution in [2.45, 2.75) is 47.9 Å². The van der Waals surface area contributed by atoms with Crippen molar-refractivity contribution >= 4 is 39.0 Å². The van der Waals surface area contributed by atoms with Crippen LogP contribution in [-0.4, -0.2) is 18.4 Å². The van der Waals surface area contributed by atoms with Crippen molar-refractivity contribution in [1.29, 1.82) is 0 Å². The molecular formula is C26H33NSn. The molecule has 0 spiro atoms. The van der Waals surface area contributed by atoms with Crippen molar-refractivity contribution in [3.8, 4) is 0 Å². The molecule has 1 aliphatic heterocycles. The first-order valence-electron chi connectivity index (χ1n) is 10.4. The topological polar surface area (TPSA) is 3.24 Å². The van der Waals surface area contributed by atoms with E-state index >= 15 is 0 Å². The van der Waals surface area contributed by atoms with Crippen LogP contribution in [0.15, 0.2) is 72.8 Å². The Labute approximate surface area is 175 Å². The summed E-state index contributed by atoms with van der Waals surface area (Å²) in [5.41, 5.74) is 6.62. The zero-order valence-corrected chi connectivity index (χ0v) is 21.2. The van der Waals surface area contributed by atoms with Crippen molar-refractivity contribution in [3.63, 3.8) is 0 Å². The Morgan fingerprint density at radius 1 is 0.643 bits per heavy atom. The Balaban J connectivity index is 0.00000109. The number of para-hydroxylation sites is 2. The Morgan fingerprint density at radius 3 is 1.50 bits per heavy atom. The van der Waals surface area contributed by atoms with Crippen molar-refractivity contribution < 1.29 is 0 Å². The summed E-state index contributed by atoms with van der Waals surface area (Å²) < 4.78 is 1.57. The van der Waals surface area contributed by atoms with Crippen molar-refractivity contribution in [3.05, 3.63) is 83.9 Å². The van der Waals surface area contributed by atoms with Gasteiger partial charge in [0.2, 0.25) is 0 Å². The molecule has 0 atom stereocenters. The predicted octanol–water partition coefficient (Wildman–Crippen LogP) is 7.37. The minimum atomic E-state index is -2.04. The third-order valence-corrected chi connectivity index (χ3v) is 11.5. The standard InChI is InChI=1S/C21H18N.C2H6.3CH3.Sn/c1-21(2)17-12-6-8-14-19(17)22(16-10-4-3-5-11-16)20-15-9-7-13-18(20)21;1-2;;;;/h4-15H,1-2H3;1-2H3;3*1H3;.